The number of methoxy groups -OCH3 is 1. The molecule has 0 radical (unpaired) electrons. The summed E-state index contributed by atoms with van der Waals surface area (Å²) in [6, 6.07) is 13.8. The number of nitrogens with one attached hydrogen (secondary N) is 2. The van der Waals surface area contributed by atoms with Gasteiger partial charge in [0.15, 0.2) is 0 Å². The first-order chi connectivity index (χ1) is 17.5. The number of furan rings is 1. The summed E-state index contributed by atoms with van der Waals surface area (Å²) in [6.07, 6.45) is 3.81. The molecule has 2 amide bonds. The molecular weight excluding hydrogens is 464 g/mol. The van der Waals surface area contributed by atoms with Crippen molar-refractivity contribution in [3.8, 4) is 5.75 Å². The number of amides is 2. The van der Waals surface area contributed by atoms with Crippen LogP contribution >= 0.6 is 0 Å². The molecule has 0 atom stereocenters. The van der Waals surface area contributed by atoms with Crippen LogP contribution in [0.3, 0.4) is 0 Å². The fourth-order valence-electron chi connectivity index (χ4n) is 4.75. The lowest BCUT2D eigenvalue weighted by Gasteiger charge is -2.15. The number of aromatic nitrogens is 2. The highest BCUT2D eigenvalue weighted by Gasteiger charge is 2.24. The predicted molar refractivity (Wildman–Crippen MR) is 134 cm³/mol. The van der Waals surface area contributed by atoms with E-state index in [4.69, 9.17) is 9.15 Å². The minimum Gasteiger partial charge on any atom is -0.495 e. The van der Waals surface area contributed by atoms with Crippen LogP contribution in [0.2, 0.25) is 0 Å². The van der Waals surface area contributed by atoms with Gasteiger partial charge in [0, 0.05) is 11.4 Å². The standard InChI is InChI=1S/C26H26N4O6/c1-35-20-13-7-5-11-18(20)28-22(32)14-29-23-17-10-4-6-12-19(17)36-24(23)25(33)30(26(29)34)15-21(31)27-16-8-2-3-9-16/h4-7,10-13,16H,2-3,8-9,14-15H2,1H3,(H,27,31)(H,28,32). The van der Waals surface area contributed by atoms with E-state index in [1.54, 1.807) is 48.5 Å². The van der Waals surface area contributed by atoms with Gasteiger partial charge >= 0.3 is 5.69 Å². The van der Waals surface area contributed by atoms with Crippen molar-refractivity contribution in [3.63, 3.8) is 0 Å². The number of para-hydroxylation sites is 3. The Kier molecular flexibility index (Phi) is 6.32. The molecule has 2 N–H and O–H groups in total. The molecule has 36 heavy (non-hydrogen) atoms. The number of carbonyl (C=O) groups is 2. The molecule has 1 fully saturated rings. The van der Waals surface area contributed by atoms with Gasteiger partial charge in [-0.15, -0.1) is 0 Å². The Morgan fingerprint density at radius 2 is 1.67 bits per heavy atom. The lowest BCUT2D eigenvalue weighted by Crippen LogP contribution is -2.46. The average Bonchev–Trinajstić information content (AvgIpc) is 3.52. The molecule has 10 heteroatoms. The number of fused-ring (bicyclic) bond motifs is 3. The number of hydrogen-bond acceptors (Lipinski definition) is 6. The summed E-state index contributed by atoms with van der Waals surface area (Å²) in [7, 11) is 1.49. The van der Waals surface area contributed by atoms with Gasteiger partial charge in [-0.2, -0.15) is 0 Å². The first-order valence-corrected chi connectivity index (χ1v) is 11.8. The van der Waals surface area contributed by atoms with Crippen LogP contribution in [0, 0.1) is 0 Å². The van der Waals surface area contributed by atoms with Gasteiger partial charge in [-0.05, 0) is 37.1 Å². The van der Waals surface area contributed by atoms with Crippen LogP contribution in [-0.2, 0) is 22.7 Å². The van der Waals surface area contributed by atoms with E-state index in [0.717, 1.165) is 30.3 Å². The van der Waals surface area contributed by atoms with E-state index in [0.29, 0.717) is 22.4 Å². The topological polar surface area (TPSA) is 125 Å². The molecule has 0 unspecified atom stereocenters. The van der Waals surface area contributed by atoms with E-state index in [2.05, 4.69) is 10.6 Å². The number of rotatable bonds is 7. The number of nitrogens with zero attached hydrogens (tertiary/aromatic N) is 2. The van der Waals surface area contributed by atoms with Gasteiger partial charge in [-0.1, -0.05) is 37.1 Å². The minimum absolute atomic E-state index is 0.0389. The fourth-order valence-corrected chi connectivity index (χ4v) is 4.75. The summed E-state index contributed by atoms with van der Waals surface area (Å²) in [4.78, 5) is 52.5. The molecule has 2 heterocycles. The van der Waals surface area contributed by atoms with Crippen molar-refractivity contribution in [1.29, 1.82) is 0 Å². The molecule has 2 aromatic heterocycles. The number of hydrogen-bond donors (Lipinski definition) is 2. The maximum absolute atomic E-state index is 13.5. The minimum atomic E-state index is -0.768. The highest BCUT2D eigenvalue weighted by molar-refractivity contribution is 6.03. The first kappa shape index (κ1) is 23.4. The van der Waals surface area contributed by atoms with Crippen molar-refractivity contribution in [2.75, 3.05) is 12.4 Å². The van der Waals surface area contributed by atoms with Crippen molar-refractivity contribution in [2.24, 2.45) is 0 Å². The molecule has 10 nitrogen and oxygen atoms in total. The second kappa shape index (κ2) is 9.73. The predicted octanol–water partition coefficient (Wildman–Crippen LogP) is 2.62. The molecule has 0 bridgehead atoms. The van der Waals surface area contributed by atoms with Gasteiger partial charge in [0.05, 0.1) is 12.8 Å². The van der Waals surface area contributed by atoms with Crippen LogP contribution in [0.15, 0.2) is 62.5 Å². The van der Waals surface area contributed by atoms with E-state index in [9.17, 15) is 19.2 Å². The van der Waals surface area contributed by atoms with Crippen molar-refractivity contribution >= 4 is 39.6 Å². The van der Waals surface area contributed by atoms with Gasteiger partial charge < -0.3 is 19.8 Å². The maximum atomic E-state index is 13.5. The van der Waals surface area contributed by atoms with Crippen molar-refractivity contribution in [3.05, 3.63) is 69.4 Å². The zero-order valence-electron chi connectivity index (χ0n) is 19.8. The van der Waals surface area contributed by atoms with Crippen LogP contribution in [0.4, 0.5) is 5.69 Å². The SMILES string of the molecule is COc1ccccc1NC(=O)Cn1c(=O)n(CC(=O)NC2CCCC2)c(=O)c2oc3ccccc3c21. The van der Waals surface area contributed by atoms with Gasteiger partial charge in [-0.3, -0.25) is 19.0 Å². The lowest BCUT2D eigenvalue weighted by atomic mass is 10.2. The highest BCUT2D eigenvalue weighted by atomic mass is 16.5. The Labute approximate surface area is 205 Å². The van der Waals surface area contributed by atoms with Crippen molar-refractivity contribution < 1.29 is 18.7 Å². The van der Waals surface area contributed by atoms with E-state index in [-0.39, 0.29) is 17.1 Å². The molecule has 0 spiro atoms. The largest absolute Gasteiger partial charge is 0.495 e. The summed E-state index contributed by atoms with van der Waals surface area (Å²) in [5.74, 6) is -0.471. The summed E-state index contributed by atoms with van der Waals surface area (Å²) < 4.78 is 13.1. The van der Waals surface area contributed by atoms with Gasteiger partial charge in [0.2, 0.25) is 17.4 Å². The number of carbonyl (C=O) groups excluding carboxylic acids is 2. The van der Waals surface area contributed by atoms with E-state index < -0.39 is 36.2 Å². The van der Waals surface area contributed by atoms with Gasteiger partial charge in [0.1, 0.15) is 29.9 Å². The van der Waals surface area contributed by atoms with Crippen LogP contribution in [-0.4, -0.2) is 34.1 Å². The molecule has 5 rings (SSSR count). The molecular formula is C26H26N4O6. The fraction of sp³-hybridized carbons (Fsp3) is 0.308. The van der Waals surface area contributed by atoms with Gasteiger partial charge in [0.25, 0.3) is 5.56 Å². The van der Waals surface area contributed by atoms with E-state index in [1.807, 2.05) is 0 Å². The lowest BCUT2D eigenvalue weighted by molar-refractivity contribution is -0.122. The number of benzene rings is 2. The highest BCUT2D eigenvalue weighted by Crippen LogP contribution is 2.26. The smallest absolute Gasteiger partial charge is 0.332 e. The van der Waals surface area contributed by atoms with Crippen LogP contribution in [0.1, 0.15) is 25.7 Å². The second-order valence-electron chi connectivity index (χ2n) is 8.83. The molecule has 4 aromatic rings. The van der Waals surface area contributed by atoms with Crippen LogP contribution in [0.25, 0.3) is 22.1 Å². The monoisotopic (exact) mass is 490 g/mol. The third-order valence-corrected chi connectivity index (χ3v) is 6.45. The Morgan fingerprint density at radius 3 is 2.44 bits per heavy atom. The number of ether oxygens (including phenoxy) is 1. The molecule has 0 aliphatic heterocycles. The molecule has 1 aliphatic rings. The summed E-state index contributed by atoms with van der Waals surface area (Å²) in [5, 5.41) is 6.16. The maximum Gasteiger partial charge on any atom is 0.332 e. The van der Waals surface area contributed by atoms with Crippen molar-refractivity contribution in [1.82, 2.24) is 14.5 Å². The second-order valence-corrected chi connectivity index (χ2v) is 8.83. The third-order valence-electron chi connectivity index (χ3n) is 6.45. The third kappa shape index (κ3) is 4.37. The molecule has 2 aromatic carbocycles. The van der Waals surface area contributed by atoms with Crippen LogP contribution in [0.5, 0.6) is 5.75 Å². The van der Waals surface area contributed by atoms with Gasteiger partial charge in [-0.25, -0.2) is 9.36 Å². The van der Waals surface area contributed by atoms with E-state index in [1.165, 1.54) is 11.7 Å². The molecule has 1 saturated carbocycles. The molecule has 0 saturated heterocycles. The van der Waals surface area contributed by atoms with Crippen molar-refractivity contribution in [2.45, 2.75) is 44.8 Å². The quantitative estimate of drug-likeness (QED) is 0.410. The Balaban J connectivity index is 1.56. The Bertz CT molecular complexity index is 1580. The Hall–Kier alpha value is -4.34. The zero-order chi connectivity index (χ0) is 25.2. The first-order valence-electron chi connectivity index (χ1n) is 11.8. The Morgan fingerprint density at radius 1 is 0.972 bits per heavy atom. The summed E-state index contributed by atoms with van der Waals surface area (Å²) >= 11 is 0. The average molecular weight is 491 g/mol. The van der Waals surface area contributed by atoms with E-state index >= 15 is 0 Å². The number of anilines is 1. The molecule has 1 aliphatic carbocycles. The zero-order valence-corrected chi connectivity index (χ0v) is 19.8. The normalized spacial score (nSPS) is 13.8. The summed E-state index contributed by atoms with van der Waals surface area (Å²) in [5.41, 5.74) is -0.519. The summed E-state index contributed by atoms with van der Waals surface area (Å²) in [6.45, 7) is -0.864. The molecule has 186 valence electrons. The van der Waals surface area contributed by atoms with Crippen LogP contribution < -0.4 is 26.6 Å².